The number of anilines is 1. The van der Waals surface area contributed by atoms with E-state index in [0.717, 1.165) is 18.4 Å². The molecule has 0 saturated heterocycles. The maximum absolute atomic E-state index is 5.87. The number of hydrogen-bond acceptors (Lipinski definition) is 6. The fraction of sp³-hybridized carbons (Fsp3) is 0.500. The molecule has 7 nitrogen and oxygen atoms in total. The molecule has 2 rings (SSSR count). The Hall–Kier alpha value is -2.15. The average molecular weight is 291 g/mol. The fourth-order valence-corrected chi connectivity index (χ4v) is 2.32. The SMILES string of the molecule is CCCC(COC)n1nnnc1-c1cc(N)ccc1OC. The first-order chi connectivity index (χ1) is 10.2. The van der Waals surface area contributed by atoms with E-state index in [0.29, 0.717) is 23.9 Å². The van der Waals surface area contributed by atoms with E-state index in [9.17, 15) is 0 Å². The molecular weight excluding hydrogens is 270 g/mol. The minimum Gasteiger partial charge on any atom is -0.496 e. The molecule has 1 atom stereocenters. The maximum atomic E-state index is 5.87. The van der Waals surface area contributed by atoms with Gasteiger partial charge in [-0.3, -0.25) is 0 Å². The minimum absolute atomic E-state index is 0.0798. The van der Waals surface area contributed by atoms with E-state index in [4.69, 9.17) is 15.2 Å². The Morgan fingerprint density at radius 3 is 2.81 bits per heavy atom. The molecule has 0 aliphatic heterocycles. The average Bonchev–Trinajstić information content (AvgIpc) is 2.96. The third kappa shape index (κ3) is 3.30. The first-order valence-electron chi connectivity index (χ1n) is 6.92. The van der Waals surface area contributed by atoms with Crippen molar-refractivity contribution in [2.24, 2.45) is 0 Å². The molecule has 0 aliphatic carbocycles. The Morgan fingerprint density at radius 2 is 2.14 bits per heavy atom. The number of nitrogens with zero attached hydrogens (tertiary/aromatic N) is 4. The highest BCUT2D eigenvalue weighted by Crippen LogP contribution is 2.31. The molecular formula is C14H21N5O2. The Morgan fingerprint density at radius 1 is 1.33 bits per heavy atom. The van der Waals surface area contributed by atoms with Crippen molar-refractivity contribution in [3.63, 3.8) is 0 Å². The molecule has 1 unspecified atom stereocenters. The number of ether oxygens (including phenoxy) is 2. The van der Waals surface area contributed by atoms with Gasteiger partial charge in [0.2, 0.25) is 0 Å². The molecule has 0 amide bonds. The number of methoxy groups -OCH3 is 2. The van der Waals surface area contributed by atoms with E-state index in [1.165, 1.54) is 0 Å². The van der Waals surface area contributed by atoms with Crippen molar-refractivity contribution in [2.75, 3.05) is 26.6 Å². The molecule has 1 aromatic carbocycles. The van der Waals surface area contributed by atoms with Gasteiger partial charge in [0.1, 0.15) is 5.75 Å². The van der Waals surface area contributed by atoms with Crippen LogP contribution in [0.1, 0.15) is 25.8 Å². The molecule has 7 heteroatoms. The number of tetrazole rings is 1. The number of benzene rings is 1. The summed E-state index contributed by atoms with van der Waals surface area (Å²) in [6, 6.07) is 5.50. The van der Waals surface area contributed by atoms with Crippen molar-refractivity contribution in [3.8, 4) is 17.1 Å². The van der Waals surface area contributed by atoms with Gasteiger partial charge in [0.25, 0.3) is 0 Å². The van der Waals surface area contributed by atoms with Crippen molar-refractivity contribution in [1.29, 1.82) is 0 Å². The lowest BCUT2D eigenvalue weighted by Gasteiger charge is -2.17. The van der Waals surface area contributed by atoms with Crippen LogP contribution in [0, 0.1) is 0 Å². The molecule has 2 aromatic rings. The van der Waals surface area contributed by atoms with Gasteiger partial charge in [-0.05, 0) is 35.0 Å². The van der Waals surface area contributed by atoms with Gasteiger partial charge < -0.3 is 15.2 Å². The van der Waals surface area contributed by atoms with Gasteiger partial charge in [0, 0.05) is 12.8 Å². The molecule has 0 aliphatic rings. The van der Waals surface area contributed by atoms with E-state index >= 15 is 0 Å². The molecule has 0 spiro atoms. The fourth-order valence-electron chi connectivity index (χ4n) is 2.32. The van der Waals surface area contributed by atoms with Crippen LogP contribution >= 0.6 is 0 Å². The molecule has 1 aromatic heterocycles. The van der Waals surface area contributed by atoms with Gasteiger partial charge in [-0.1, -0.05) is 13.3 Å². The number of nitrogen functional groups attached to an aromatic ring is 1. The minimum atomic E-state index is 0.0798. The number of rotatable bonds is 7. The number of aromatic nitrogens is 4. The maximum Gasteiger partial charge on any atom is 0.186 e. The summed E-state index contributed by atoms with van der Waals surface area (Å²) in [5, 5.41) is 12.0. The summed E-state index contributed by atoms with van der Waals surface area (Å²) in [6.07, 6.45) is 1.94. The van der Waals surface area contributed by atoms with Crippen LogP contribution in [0.15, 0.2) is 18.2 Å². The lowest BCUT2D eigenvalue weighted by atomic mass is 10.1. The Labute approximate surface area is 124 Å². The molecule has 0 fully saturated rings. The highest BCUT2D eigenvalue weighted by atomic mass is 16.5. The van der Waals surface area contributed by atoms with E-state index in [1.54, 1.807) is 25.0 Å². The largest absolute Gasteiger partial charge is 0.496 e. The van der Waals surface area contributed by atoms with Crippen LogP contribution < -0.4 is 10.5 Å². The van der Waals surface area contributed by atoms with Crippen molar-refractivity contribution < 1.29 is 9.47 Å². The third-order valence-corrected chi connectivity index (χ3v) is 3.28. The van der Waals surface area contributed by atoms with Crippen LogP contribution in [-0.4, -0.2) is 41.0 Å². The van der Waals surface area contributed by atoms with Gasteiger partial charge >= 0.3 is 0 Å². The quantitative estimate of drug-likeness (QED) is 0.784. The highest BCUT2D eigenvalue weighted by Gasteiger charge is 2.20. The summed E-state index contributed by atoms with van der Waals surface area (Å²) >= 11 is 0. The molecule has 21 heavy (non-hydrogen) atoms. The highest BCUT2D eigenvalue weighted by molar-refractivity contribution is 5.68. The van der Waals surface area contributed by atoms with Gasteiger partial charge in [0.15, 0.2) is 5.82 Å². The summed E-state index contributed by atoms with van der Waals surface area (Å²) in [5.74, 6) is 1.32. The van der Waals surface area contributed by atoms with Crippen LogP contribution in [0.4, 0.5) is 5.69 Å². The zero-order valence-corrected chi connectivity index (χ0v) is 12.6. The number of nitrogens with two attached hydrogens (primary N) is 1. The van der Waals surface area contributed by atoms with E-state index in [2.05, 4.69) is 22.4 Å². The van der Waals surface area contributed by atoms with Crippen LogP contribution in [0.2, 0.25) is 0 Å². The van der Waals surface area contributed by atoms with Crippen molar-refractivity contribution >= 4 is 5.69 Å². The zero-order valence-electron chi connectivity index (χ0n) is 12.6. The zero-order chi connectivity index (χ0) is 15.2. The Balaban J connectivity index is 2.46. The van der Waals surface area contributed by atoms with Crippen LogP contribution in [0.25, 0.3) is 11.4 Å². The monoisotopic (exact) mass is 291 g/mol. The summed E-state index contributed by atoms with van der Waals surface area (Å²) in [6.45, 7) is 2.67. The molecule has 2 N–H and O–H groups in total. The summed E-state index contributed by atoms with van der Waals surface area (Å²) in [4.78, 5) is 0. The molecule has 0 bridgehead atoms. The standard InChI is InChI=1S/C14H21N5O2/c1-4-5-11(9-20-2)19-14(16-17-18-19)12-8-10(15)6-7-13(12)21-3/h6-8,11H,4-5,9,15H2,1-3H3. The van der Waals surface area contributed by atoms with Crippen LogP contribution in [-0.2, 0) is 4.74 Å². The second-order valence-electron chi connectivity index (χ2n) is 4.80. The normalized spacial score (nSPS) is 12.3. The van der Waals surface area contributed by atoms with E-state index in [-0.39, 0.29) is 6.04 Å². The van der Waals surface area contributed by atoms with Gasteiger partial charge in [-0.25, -0.2) is 4.68 Å². The van der Waals surface area contributed by atoms with E-state index < -0.39 is 0 Å². The smallest absolute Gasteiger partial charge is 0.186 e. The van der Waals surface area contributed by atoms with Gasteiger partial charge in [-0.15, -0.1) is 5.10 Å². The van der Waals surface area contributed by atoms with Crippen molar-refractivity contribution in [3.05, 3.63) is 18.2 Å². The predicted octanol–water partition coefficient (Wildman–Crippen LogP) is 1.92. The predicted molar refractivity (Wildman–Crippen MR) is 80.0 cm³/mol. The van der Waals surface area contributed by atoms with Gasteiger partial charge in [0.05, 0.1) is 25.3 Å². The first-order valence-corrected chi connectivity index (χ1v) is 6.92. The summed E-state index contributed by atoms with van der Waals surface area (Å²) in [7, 11) is 3.29. The number of hydrogen-bond donors (Lipinski definition) is 1. The first kappa shape index (κ1) is 15.2. The van der Waals surface area contributed by atoms with Crippen LogP contribution in [0.5, 0.6) is 5.75 Å². The molecule has 0 saturated carbocycles. The Bertz CT molecular complexity index is 578. The molecule has 114 valence electrons. The summed E-state index contributed by atoms with van der Waals surface area (Å²) < 4.78 is 12.4. The lowest BCUT2D eigenvalue weighted by molar-refractivity contribution is 0.144. The topological polar surface area (TPSA) is 88.1 Å². The molecule has 1 heterocycles. The Kier molecular flexibility index (Phi) is 5.10. The van der Waals surface area contributed by atoms with Crippen LogP contribution in [0.3, 0.4) is 0 Å². The second-order valence-corrected chi connectivity index (χ2v) is 4.80. The van der Waals surface area contributed by atoms with E-state index in [1.807, 2.05) is 12.1 Å². The van der Waals surface area contributed by atoms with Gasteiger partial charge in [-0.2, -0.15) is 0 Å². The second kappa shape index (κ2) is 7.03. The molecule has 0 radical (unpaired) electrons. The summed E-state index contributed by atoms with van der Waals surface area (Å²) in [5.41, 5.74) is 7.29. The third-order valence-electron chi connectivity index (χ3n) is 3.28. The lowest BCUT2D eigenvalue weighted by Crippen LogP contribution is -2.17. The van der Waals surface area contributed by atoms with Crippen molar-refractivity contribution in [1.82, 2.24) is 20.2 Å². The van der Waals surface area contributed by atoms with Crippen molar-refractivity contribution in [2.45, 2.75) is 25.8 Å².